The van der Waals surface area contributed by atoms with Crippen LogP contribution in [0.4, 0.5) is 0 Å². The standard InChI is InChI=1S/C14H19N3O2/c1-10(18)16-12-7-8-17(9-12)14(19)13(15)11-5-3-2-4-6-11/h2-6,12-13H,7-9,15H2,1H3,(H,16,18)/t12?,13-/m1/s1. The molecular weight excluding hydrogens is 242 g/mol. The number of rotatable bonds is 3. The SMILES string of the molecule is CC(=O)NC1CCN(C(=O)[C@H](N)c2ccccc2)C1. The van der Waals surface area contributed by atoms with Gasteiger partial charge in [0.05, 0.1) is 0 Å². The summed E-state index contributed by atoms with van der Waals surface area (Å²) in [6.07, 6.45) is 0.785. The Morgan fingerprint density at radius 1 is 1.37 bits per heavy atom. The lowest BCUT2D eigenvalue weighted by molar-refractivity contribution is -0.132. The number of nitrogens with zero attached hydrogens (tertiary/aromatic N) is 1. The molecule has 0 bridgehead atoms. The number of hydrogen-bond acceptors (Lipinski definition) is 3. The van der Waals surface area contributed by atoms with Crippen molar-refractivity contribution in [2.45, 2.75) is 25.4 Å². The molecule has 0 spiro atoms. The maximum Gasteiger partial charge on any atom is 0.244 e. The molecule has 2 atom stereocenters. The van der Waals surface area contributed by atoms with E-state index in [0.29, 0.717) is 13.1 Å². The van der Waals surface area contributed by atoms with Gasteiger partial charge in [-0.2, -0.15) is 0 Å². The molecule has 0 radical (unpaired) electrons. The van der Waals surface area contributed by atoms with Crippen molar-refractivity contribution in [1.82, 2.24) is 10.2 Å². The first kappa shape index (κ1) is 13.5. The van der Waals surface area contributed by atoms with Gasteiger partial charge in [0.1, 0.15) is 6.04 Å². The monoisotopic (exact) mass is 261 g/mol. The van der Waals surface area contributed by atoms with Crippen LogP contribution >= 0.6 is 0 Å². The Morgan fingerprint density at radius 3 is 2.68 bits per heavy atom. The second-order valence-corrected chi connectivity index (χ2v) is 4.86. The maximum atomic E-state index is 12.3. The lowest BCUT2D eigenvalue weighted by Crippen LogP contribution is -2.40. The molecular formula is C14H19N3O2. The summed E-state index contributed by atoms with van der Waals surface area (Å²) in [4.78, 5) is 25.0. The molecule has 5 nitrogen and oxygen atoms in total. The van der Waals surface area contributed by atoms with Gasteiger partial charge in [-0.1, -0.05) is 30.3 Å². The van der Waals surface area contributed by atoms with E-state index in [1.165, 1.54) is 6.92 Å². The topological polar surface area (TPSA) is 75.4 Å². The van der Waals surface area contributed by atoms with Crippen molar-refractivity contribution in [1.29, 1.82) is 0 Å². The quantitative estimate of drug-likeness (QED) is 0.828. The molecule has 3 N–H and O–H groups in total. The van der Waals surface area contributed by atoms with Crippen LogP contribution in [0.1, 0.15) is 24.9 Å². The second kappa shape index (κ2) is 5.84. The van der Waals surface area contributed by atoms with E-state index in [-0.39, 0.29) is 17.9 Å². The number of hydrogen-bond donors (Lipinski definition) is 2. The minimum absolute atomic E-state index is 0.0458. The van der Waals surface area contributed by atoms with Gasteiger partial charge in [-0.25, -0.2) is 0 Å². The second-order valence-electron chi connectivity index (χ2n) is 4.86. The summed E-state index contributed by atoms with van der Waals surface area (Å²) >= 11 is 0. The van der Waals surface area contributed by atoms with Crippen molar-refractivity contribution >= 4 is 11.8 Å². The highest BCUT2D eigenvalue weighted by Crippen LogP contribution is 2.17. The van der Waals surface area contributed by atoms with E-state index < -0.39 is 6.04 Å². The number of nitrogens with one attached hydrogen (secondary N) is 1. The van der Waals surface area contributed by atoms with Gasteiger partial charge in [0.2, 0.25) is 11.8 Å². The zero-order chi connectivity index (χ0) is 13.8. The molecule has 1 unspecified atom stereocenters. The Balaban J connectivity index is 1.96. The molecule has 102 valence electrons. The maximum absolute atomic E-state index is 12.3. The van der Waals surface area contributed by atoms with Crippen LogP contribution < -0.4 is 11.1 Å². The van der Waals surface area contributed by atoms with Gasteiger partial charge in [-0.15, -0.1) is 0 Å². The zero-order valence-corrected chi connectivity index (χ0v) is 11.0. The Bertz CT molecular complexity index is 461. The molecule has 0 saturated carbocycles. The summed E-state index contributed by atoms with van der Waals surface area (Å²) in [5.74, 6) is -0.147. The van der Waals surface area contributed by atoms with Crippen LogP contribution in [-0.4, -0.2) is 35.8 Å². The van der Waals surface area contributed by atoms with Gasteiger partial charge in [-0.3, -0.25) is 9.59 Å². The third-order valence-corrected chi connectivity index (χ3v) is 3.33. The summed E-state index contributed by atoms with van der Waals surface area (Å²) in [5, 5.41) is 2.83. The molecule has 0 aliphatic carbocycles. The highest BCUT2D eigenvalue weighted by molar-refractivity contribution is 5.83. The minimum atomic E-state index is -0.628. The van der Waals surface area contributed by atoms with Gasteiger partial charge in [0.25, 0.3) is 0 Å². The molecule has 2 amide bonds. The van der Waals surface area contributed by atoms with E-state index in [1.807, 2.05) is 30.3 Å². The fourth-order valence-corrected chi connectivity index (χ4v) is 2.37. The van der Waals surface area contributed by atoms with Crippen molar-refractivity contribution in [3.05, 3.63) is 35.9 Å². The van der Waals surface area contributed by atoms with Crippen molar-refractivity contribution in [3.8, 4) is 0 Å². The number of amides is 2. The van der Waals surface area contributed by atoms with E-state index in [1.54, 1.807) is 4.90 Å². The van der Waals surface area contributed by atoms with Crippen LogP contribution in [0.2, 0.25) is 0 Å². The molecule has 1 aromatic rings. The fraction of sp³-hybridized carbons (Fsp3) is 0.429. The molecule has 5 heteroatoms. The molecule has 1 aliphatic rings. The molecule has 2 rings (SSSR count). The van der Waals surface area contributed by atoms with Gasteiger partial charge in [0.15, 0.2) is 0 Å². The molecule has 19 heavy (non-hydrogen) atoms. The van der Waals surface area contributed by atoms with Crippen molar-refractivity contribution in [2.24, 2.45) is 5.73 Å². The predicted octanol–water partition coefficient (Wildman–Crippen LogP) is 0.423. The lowest BCUT2D eigenvalue weighted by atomic mass is 10.1. The van der Waals surface area contributed by atoms with Crippen LogP contribution in [0.5, 0.6) is 0 Å². The number of carbonyl (C=O) groups is 2. The Labute approximate surface area is 112 Å². The third kappa shape index (κ3) is 3.32. The zero-order valence-electron chi connectivity index (χ0n) is 11.0. The first-order valence-corrected chi connectivity index (χ1v) is 6.44. The van der Waals surface area contributed by atoms with Crippen molar-refractivity contribution < 1.29 is 9.59 Å². The molecule has 1 heterocycles. The Hall–Kier alpha value is -1.88. The number of carbonyl (C=O) groups excluding carboxylic acids is 2. The predicted molar refractivity (Wildman–Crippen MR) is 72.2 cm³/mol. The summed E-state index contributed by atoms with van der Waals surface area (Å²) in [6.45, 7) is 2.67. The van der Waals surface area contributed by atoms with Crippen molar-refractivity contribution in [3.63, 3.8) is 0 Å². The minimum Gasteiger partial charge on any atom is -0.352 e. The van der Waals surface area contributed by atoms with E-state index in [9.17, 15) is 9.59 Å². The summed E-state index contributed by atoms with van der Waals surface area (Å²) in [6, 6.07) is 8.75. The summed E-state index contributed by atoms with van der Waals surface area (Å²) < 4.78 is 0. The Morgan fingerprint density at radius 2 is 2.05 bits per heavy atom. The number of nitrogens with two attached hydrogens (primary N) is 1. The molecule has 1 aliphatic heterocycles. The lowest BCUT2D eigenvalue weighted by Gasteiger charge is -2.21. The third-order valence-electron chi connectivity index (χ3n) is 3.33. The van der Waals surface area contributed by atoms with Crippen LogP contribution in [-0.2, 0) is 9.59 Å². The molecule has 1 aromatic carbocycles. The van der Waals surface area contributed by atoms with Gasteiger partial charge in [0, 0.05) is 26.1 Å². The molecule has 1 fully saturated rings. The Kier molecular flexibility index (Phi) is 4.16. The van der Waals surface area contributed by atoms with Crippen LogP contribution in [0, 0.1) is 0 Å². The number of likely N-dealkylation sites (tertiary alicyclic amines) is 1. The highest BCUT2D eigenvalue weighted by Gasteiger charge is 2.30. The average Bonchev–Trinajstić information content (AvgIpc) is 2.85. The van der Waals surface area contributed by atoms with Gasteiger partial charge >= 0.3 is 0 Å². The fourth-order valence-electron chi connectivity index (χ4n) is 2.37. The van der Waals surface area contributed by atoms with Crippen LogP contribution in [0.3, 0.4) is 0 Å². The van der Waals surface area contributed by atoms with Gasteiger partial charge < -0.3 is 16.0 Å². The van der Waals surface area contributed by atoms with E-state index >= 15 is 0 Å². The highest BCUT2D eigenvalue weighted by atomic mass is 16.2. The number of benzene rings is 1. The van der Waals surface area contributed by atoms with Crippen LogP contribution in [0.25, 0.3) is 0 Å². The van der Waals surface area contributed by atoms with E-state index in [4.69, 9.17) is 5.73 Å². The van der Waals surface area contributed by atoms with Crippen molar-refractivity contribution in [2.75, 3.05) is 13.1 Å². The normalized spacial score (nSPS) is 20.1. The molecule has 0 aromatic heterocycles. The summed E-state index contributed by atoms with van der Waals surface area (Å²) in [5.41, 5.74) is 6.80. The van der Waals surface area contributed by atoms with Gasteiger partial charge in [-0.05, 0) is 12.0 Å². The van der Waals surface area contributed by atoms with E-state index in [2.05, 4.69) is 5.32 Å². The average molecular weight is 261 g/mol. The van der Waals surface area contributed by atoms with Crippen LogP contribution in [0.15, 0.2) is 30.3 Å². The summed E-state index contributed by atoms with van der Waals surface area (Å²) in [7, 11) is 0. The van der Waals surface area contributed by atoms with E-state index in [0.717, 1.165) is 12.0 Å². The smallest absolute Gasteiger partial charge is 0.244 e. The first-order valence-electron chi connectivity index (χ1n) is 6.44. The molecule has 1 saturated heterocycles. The largest absolute Gasteiger partial charge is 0.352 e. The first-order chi connectivity index (χ1) is 9.08.